The Morgan fingerprint density at radius 3 is 2.78 bits per heavy atom. The highest BCUT2D eigenvalue weighted by Gasteiger charge is 2.25. The van der Waals surface area contributed by atoms with Crippen LogP contribution in [0, 0.1) is 0 Å². The number of hydrogen-bond acceptors (Lipinski definition) is 7. The van der Waals surface area contributed by atoms with Gasteiger partial charge in [0.15, 0.2) is 0 Å². The van der Waals surface area contributed by atoms with E-state index < -0.39 is 10.0 Å². The zero-order chi connectivity index (χ0) is 19.6. The van der Waals surface area contributed by atoms with Gasteiger partial charge in [-0.25, -0.2) is 18.1 Å². The highest BCUT2D eigenvalue weighted by molar-refractivity contribution is 7.89. The Bertz CT molecular complexity index is 931. The lowest BCUT2D eigenvalue weighted by molar-refractivity contribution is 0.313. The topological polar surface area (TPSA) is 84.0 Å². The zero-order valence-electron chi connectivity index (χ0n) is 15.9. The molecule has 1 aliphatic rings. The van der Waals surface area contributed by atoms with Crippen LogP contribution in [0.4, 0.5) is 11.4 Å². The van der Waals surface area contributed by atoms with Crippen LogP contribution >= 0.6 is 0 Å². The van der Waals surface area contributed by atoms with E-state index in [-0.39, 0.29) is 10.8 Å². The zero-order valence-corrected chi connectivity index (χ0v) is 16.7. The first-order chi connectivity index (χ1) is 12.9. The molecule has 0 radical (unpaired) electrons. The van der Waals surface area contributed by atoms with Crippen LogP contribution in [0.15, 0.2) is 35.4 Å². The molecule has 0 saturated heterocycles. The molecular formula is C18H24N4O4S. The van der Waals surface area contributed by atoms with Gasteiger partial charge in [-0.05, 0) is 44.9 Å². The molecule has 0 aliphatic carbocycles. The number of aromatic nitrogens is 1. The molecule has 1 aliphatic heterocycles. The molecule has 0 spiro atoms. The molecule has 0 atom stereocenters. The summed E-state index contributed by atoms with van der Waals surface area (Å²) in [5.74, 6) is 0.820. The van der Waals surface area contributed by atoms with Crippen molar-refractivity contribution in [3.63, 3.8) is 0 Å². The van der Waals surface area contributed by atoms with E-state index in [1.54, 1.807) is 12.3 Å². The van der Waals surface area contributed by atoms with Gasteiger partial charge in [0.2, 0.25) is 15.9 Å². The van der Waals surface area contributed by atoms with Crippen molar-refractivity contribution < 1.29 is 17.9 Å². The summed E-state index contributed by atoms with van der Waals surface area (Å²) in [6.45, 7) is 1.88. The Morgan fingerprint density at radius 2 is 2.11 bits per heavy atom. The normalized spacial score (nSPS) is 14.0. The van der Waals surface area contributed by atoms with Gasteiger partial charge in [-0.2, -0.15) is 0 Å². The lowest BCUT2D eigenvalue weighted by Crippen LogP contribution is -2.29. The van der Waals surface area contributed by atoms with Crippen molar-refractivity contribution in [3.05, 3.63) is 36.0 Å². The monoisotopic (exact) mass is 392 g/mol. The maximum Gasteiger partial charge on any atom is 0.245 e. The second kappa shape index (κ2) is 7.71. The molecule has 1 N–H and O–H groups in total. The third-order valence-corrected chi connectivity index (χ3v) is 5.66. The van der Waals surface area contributed by atoms with Crippen molar-refractivity contribution in [2.24, 2.45) is 0 Å². The van der Waals surface area contributed by atoms with Gasteiger partial charge in [0.05, 0.1) is 31.2 Å². The fourth-order valence-electron chi connectivity index (χ4n) is 3.02. The Morgan fingerprint density at radius 1 is 1.33 bits per heavy atom. The van der Waals surface area contributed by atoms with Crippen LogP contribution in [-0.2, 0) is 16.6 Å². The number of hydrogen-bond donors (Lipinski definition) is 1. The molecule has 1 aromatic heterocycles. The number of sulfonamides is 1. The number of pyridine rings is 1. The fraction of sp³-hybridized carbons (Fsp3) is 0.389. The first-order valence-electron chi connectivity index (χ1n) is 8.51. The molecular weight excluding hydrogens is 368 g/mol. The molecule has 3 rings (SSSR count). The number of rotatable bonds is 6. The van der Waals surface area contributed by atoms with Crippen molar-refractivity contribution in [2.75, 3.05) is 46.3 Å². The van der Waals surface area contributed by atoms with Crippen molar-refractivity contribution in [1.29, 1.82) is 0 Å². The van der Waals surface area contributed by atoms with Gasteiger partial charge < -0.3 is 19.3 Å². The van der Waals surface area contributed by atoms with Gasteiger partial charge in [-0.15, -0.1) is 0 Å². The fourth-order valence-corrected chi connectivity index (χ4v) is 3.88. The Labute approximate surface area is 159 Å². The van der Waals surface area contributed by atoms with E-state index in [1.165, 1.54) is 14.2 Å². The van der Waals surface area contributed by atoms with Crippen LogP contribution in [-0.4, -0.2) is 59.7 Å². The molecule has 27 heavy (non-hydrogen) atoms. The summed E-state index contributed by atoms with van der Waals surface area (Å²) in [5, 5.41) is 0. The SMILES string of the molecule is CNS(=O)(=O)c1cc(N2CCOc3ccc(CN(C)C)cc32)cnc1OC. The maximum atomic E-state index is 12.4. The minimum atomic E-state index is -3.71. The quantitative estimate of drug-likeness (QED) is 0.799. The molecule has 2 heterocycles. The Balaban J connectivity index is 2.07. The second-order valence-electron chi connectivity index (χ2n) is 6.45. The predicted octanol–water partition coefficient (Wildman–Crippen LogP) is 1.59. The van der Waals surface area contributed by atoms with Crippen molar-refractivity contribution >= 4 is 21.4 Å². The standard InChI is InChI=1S/C18H24N4O4S/c1-19-27(23,24)17-10-14(11-20-18(17)25-4)22-7-8-26-16-6-5-13(9-15(16)22)12-21(2)3/h5-6,9-11,19H,7-8,12H2,1-4H3. The van der Waals surface area contributed by atoms with Crippen LogP contribution in [0.3, 0.4) is 0 Å². The third-order valence-electron chi connectivity index (χ3n) is 4.25. The molecule has 0 bridgehead atoms. The predicted molar refractivity (Wildman–Crippen MR) is 103 cm³/mol. The minimum absolute atomic E-state index is 0.00230. The number of ether oxygens (including phenoxy) is 2. The first kappa shape index (κ1) is 19.4. The van der Waals surface area contributed by atoms with E-state index in [1.807, 2.05) is 31.1 Å². The highest BCUT2D eigenvalue weighted by atomic mass is 32.2. The number of methoxy groups -OCH3 is 1. The summed E-state index contributed by atoms with van der Waals surface area (Å²) < 4.78 is 37.9. The first-order valence-corrected chi connectivity index (χ1v) is 9.99. The molecule has 0 saturated carbocycles. The number of nitrogens with one attached hydrogen (secondary N) is 1. The molecule has 9 heteroatoms. The van der Waals surface area contributed by atoms with Crippen LogP contribution in [0.25, 0.3) is 0 Å². The van der Waals surface area contributed by atoms with E-state index >= 15 is 0 Å². The van der Waals surface area contributed by atoms with Crippen molar-refractivity contribution in [1.82, 2.24) is 14.6 Å². The van der Waals surface area contributed by atoms with Crippen LogP contribution < -0.4 is 19.1 Å². The minimum Gasteiger partial charge on any atom is -0.490 e. The summed E-state index contributed by atoms with van der Waals surface area (Å²) in [4.78, 5) is 8.30. The number of fused-ring (bicyclic) bond motifs is 1. The Kier molecular flexibility index (Phi) is 5.54. The smallest absolute Gasteiger partial charge is 0.245 e. The van der Waals surface area contributed by atoms with E-state index in [0.717, 1.165) is 23.5 Å². The van der Waals surface area contributed by atoms with Crippen LogP contribution in [0.5, 0.6) is 11.6 Å². The van der Waals surface area contributed by atoms with Crippen molar-refractivity contribution in [2.45, 2.75) is 11.4 Å². The van der Waals surface area contributed by atoms with Gasteiger partial charge >= 0.3 is 0 Å². The lowest BCUT2D eigenvalue weighted by Gasteiger charge is -2.32. The molecule has 0 unspecified atom stereocenters. The summed E-state index contributed by atoms with van der Waals surface area (Å²) >= 11 is 0. The average Bonchev–Trinajstić information content (AvgIpc) is 2.66. The van der Waals surface area contributed by atoms with Crippen LogP contribution in [0.1, 0.15) is 5.56 Å². The third kappa shape index (κ3) is 4.00. The van der Waals surface area contributed by atoms with E-state index in [0.29, 0.717) is 18.8 Å². The van der Waals surface area contributed by atoms with E-state index in [2.05, 4.69) is 20.7 Å². The summed E-state index contributed by atoms with van der Waals surface area (Å²) in [6, 6.07) is 7.62. The molecule has 0 fully saturated rings. The van der Waals surface area contributed by atoms with E-state index in [4.69, 9.17) is 9.47 Å². The highest BCUT2D eigenvalue weighted by Crippen LogP contribution is 2.38. The average molecular weight is 392 g/mol. The summed E-state index contributed by atoms with van der Waals surface area (Å²) in [5.41, 5.74) is 2.69. The number of benzene rings is 1. The summed E-state index contributed by atoms with van der Waals surface area (Å²) in [6.07, 6.45) is 1.61. The van der Waals surface area contributed by atoms with Crippen molar-refractivity contribution in [3.8, 4) is 11.6 Å². The summed E-state index contributed by atoms with van der Waals surface area (Å²) in [7, 11) is 3.07. The molecule has 8 nitrogen and oxygen atoms in total. The van der Waals surface area contributed by atoms with Gasteiger partial charge in [0.25, 0.3) is 0 Å². The van der Waals surface area contributed by atoms with Crippen LogP contribution in [0.2, 0.25) is 0 Å². The van der Waals surface area contributed by atoms with Gasteiger partial charge in [0.1, 0.15) is 17.3 Å². The molecule has 2 aromatic rings. The number of nitrogens with zero attached hydrogens (tertiary/aromatic N) is 3. The molecule has 1 aromatic carbocycles. The lowest BCUT2D eigenvalue weighted by atomic mass is 10.1. The molecule has 146 valence electrons. The van der Waals surface area contributed by atoms with Gasteiger partial charge in [-0.1, -0.05) is 6.07 Å². The van der Waals surface area contributed by atoms with E-state index in [9.17, 15) is 8.42 Å². The second-order valence-corrected chi connectivity index (χ2v) is 8.30. The number of anilines is 2. The molecule has 0 amide bonds. The van der Waals surface area contributed by atoms with Gasteiger partial charge in [0, 0.05) is 6.54 Å². The van der Waals surface area contributed by atoms with Gasteiger partial charge in [-0.3, -0.25) is 0 Å². The largest absolute Gasteiger partial charge is 0.490 e. The Hall–Kier alpha value is -2.36. The maximum absolute atomic E-state index is 12.4.